The predicted molar refractivity (Wildman–Crippen MR) is 73.8 cm³/mol. The average molecular weight is 256 g/mol. The molecule has 4 heteroatoms. The van der Waals surface area contributed by atoms with Crippen molar-refractivity contribution >= 4 is 5.97 Å². The highest BCUT2D eigenvalue weighted by Gasteiger charge is 2.37. The van der Waals surface area contributed by atoms with Crippen LogP contribution in [0.5, 0.6) is 0 Å². The standard InChI is InChI=1S/C14H28N2O2/c1-11(2)16-12(6-7-13(17)18)10-15(5)9-8-14(16,3)4/h11-12H,6-10H2,1-5H3,(H,17,18). The first-order chi connectivity index (χ1) is 8.24. The SMILES string of the molecule is CC(C)N1C(CCC(=O)O)CN(C)CCC1(C)C. The molecule has 0 spiro atoms. The van der Waals surface area contributed by atoms with Crippen molar-refractivity contribution in [2.75, 3.05) is 20.1 Å². The number of rotatable bonds is 4. The molecule has 1 rings (SSSR count). The molecule has 1 unspecified atom stereocenters. The molecular formula is C14H28N2O2. The quantitative estimate of drug-likeness (QED) is 0.836. The molecule has 0 aromatic carbocycles. The summed E-state index contributed by atoms with van der Waals surface area (Å²) in [5.74, 6) is -0.691. The van der Waals surface area contributed by atoms with Gasteiger partial charge in [0.25, 0.3) is 0 Å². The Morgan fingerprint density at radius 2 is 2.06 bits per heavy atom. The lowest BCUT2D eigenvalue weighted by Gasteiger charge is -2.45. The Kier molecular flexibility index (Phi) is 5.17. The van der Waals surface area contributed by atoms with Gasteiger partial charge in [-0.15, -0.1) is 0 Å². The second-order valence-corrected chi connectivity index (χ2v) is 6.41. The van der Waals surface area contributed by atoms with Gasteiger partial charge in [0.15, 0.2) is 0 Å². The van der Waals surface area contributed by atoms with E-state index in [4.69, 9.17) is 5.11 Å². The molecule has 1 saturated heterocycles. The highest BCUT2D eigenvalue weighted by atomic mass is 16.4. The number of aliphatic carboxylic acids is 1. The van der Waals surface area contributed by atoms with E-state index in [1.807, 2.05) is 0 Å². The molecule has 0 aliphatic carbocycles. The van der Waals surface area contributed by atoms with Crippen LogP contribution in [-0.4, -0.2) is 58.6 Å². The van der Waals surface area contributed by atoms with Crippen LogP contribution in [0.4, 0.5) is 0 Å². The molecule has 106 valence electrons. The summed E-state index contributed by atoms with van der Waals surface area (Å²) in [6, 6.07) is 0.786. The van der Waals surface area contributed by atoms with E-state index in [-0.39, 0.29) is 12.0 Å². The number of hydrogen-bond acceptors (Lipinski definition) is 3. The van der Waals surface area contributed by atoms with Crippen LogP contribution in [0.15, 0.2) is 0 Å². The van der Waals surface area contributed by atoms with Crippen LogP contribution in [0.2, 0.25) is 0 Å². The van der Waals surface area contributed by atoms with Crippen LogP contribution in [0, 0.1) is 0 Å². The van der Waals surface area contributed by atoms with Gasteiger partial charge in [-0.3, -0.25) is 9.69 Å². The normalized spacial score (nSPS) is 26.2. The molecule has 0 radical (unpaired) electrons. The van der Waals surface area contributed by atoms with Crippen molar-refractivity contribution in [2.24, 2.45) is 0 Å². The third-order valence-electron chi connectivity index (χ3n) is 3.97. The molecule has 4 nitrogen and oxygen atoms in total. The van der Waals surface area contributed by atoms with Crippen molar-refractivity contribution in [3.05, 3.63) is 0 Å². The molecule has 1 aliphatic heterocycles. The summed E-state index contributed by atoms with van der Waals surface area (Å²) < 4.78 is 0. The zero-order valence-corrected chi connectivity index (χ0v) is 12.4. The molecule has 0 aromatic heterocycles. The third-order valence-corrected chi connectivity index (χ3v) is 3.97. The van der Waals surface area contributed by atoms with Crippen LogP contribution in [0.3, 0.4) is 0 Å². The lowest BCUT2D eigenvalue weighted by atomic mass is 9.94. The maximum absolute atomic E-state index is 10.8. The summed E-state index contributed by atoms with van der Waals surface area (Å²) in [6.45, 7) is 11.0. The molecule has 1 fully saturated rings. The van der Waals surface area contributed by atoms with Crippen molar-refractivity contribution in [2.45, 2.75) is 64.6 Å². The minimum atomic E-state index is -0.691. The van der Waals surface area contributed by atoms with Gasteiger partial charge in [0, 0.05) is 30.6 Å². The first kappa shape index (κ1) is 15.4. The highest BCUT2D eigenvalue weighted by molar-refractivity contribution is 5.66. The topological polar surface area (TPSA) is 43.8 Å². The van der Waals surface area contributed by atoms with Gasteiger partial charge in [0.05, 0.1) is 0 Å². The monoisotopic (exact) mass is 256 g/mol. The molecule has 1 N–H and O–H groups in total. The van der Waals surface area contributed by atoms with Crippen LogP contribution >= 0.6 is 0 Å². The number of likely N-dealkylation sites (N-methyl/N-ethyl adjacent to an activating group) is 1. The van der Waals surface area contributed by atoms with E-state index in [0.29, 0.717) is 12.1 Å². The maximum Gasteiger partial charge on any atom is 0.303 e. The first-order valence-electron chi connectivity index (χ1n) is 6.93. The minimum Gasteiger partial charge on any atom is -0.481 e. The molecule has 0 amide bonds. The van der Waals surface area contributed by atoms with Crippen molar-refractivity contribution in [3.8, 4) is 0 Å². The van der Waals surface area contributed by atoms with Crippen molar-refractivity contribution in [3.63, 3.8) is 0 Å². The van der Waals surface area contributed by atoms with Crippen molar-refractivity contribution < 1.29 is 9.90 Å². The highest BCUT2D eigenvalue weighted by Crippen LogP contribution is 2.29. The zero-order chi connectivity index (χ0) is 13.9. The minimum absolute atomic E-state index is 0.141. The van der Waals surface area contributed by atoms with Gasteiger partial charge in [0.1, 0.15) is 0 Å². The van der Waals surface area contributed by atoms with Gasteiger partial charge < -0.3 is 10.0 Å². The largest absolute Gasteiger partial charge is 0.481 e. The van der Waals surface area contributed by atoms with E-state index in [1.165, 1.54) is 0 Å². The summed E-state index contributed by atoms with van der Waals surface area (Å²) >= 11 is 0. The number of nitrogens with zero attached hydrogens (tertiary/aromatic N) is 2. The smallest absolute Gasteiger partial charge is 0.303 e. The van der Waals surface area contributed by atoms with Gasteiger partial charge in [-0.05, 0) is 54.1 Å². The number of hydrogen-bond donors (Lipinski definition) is 1. The van der Waals surface area contributed by atoms with Gasteiger partial charge in [-0.25, -0.2) is 0 Å². The zero-order valence-electron chi connectivity index (χ0n) is 12.4. The molecular weight excluding hydrogens is 228 g/mol. The first-order valence-corrected chi connectivity index (χ1v) is 6.93. The second-order valence-electron chi connectivity index (χ2n) is 6.41. The lowest BCUT2D eigenvalue weighted by Crippen LogP contribution is -2.54. The second kappa shape index (κ2) is 6.02. The maximum atomic E-state index is 10.8. The molecule has 0 saturated carbocycles. The van der Waals surface area contributed by atoms with E-state index in [2.05, 4.69) is 44.5 Å². The molecule has 1 heterocycles. The predicted octanol–water partition coefficient (Wildman–Crippen LogP) is 2.04. The summed E-state index contributed by atoms with van der Waals surface area (Å²) in [5, 5.41) is 8.90. The van der Waals surface area contributed by atoms with Crippen LogP contribution in [0.1, 0.15) is 47.0 Å². The van der Waals surface area contributed by atoms with Gasteiger partial charge in [-0.2, -0.15) is 0 Å². The van der Waals surface area contributed by atoms with Gasteiger partial charge >= 0.3 is 5.97 Å². The molecule has 0 bridgehead atoms. The van der Waals surface area contributed by atoms with Crippen LogP contribution in [0.25, 0.3) is 0 Å². The Morgan fingerprint density at radius 3 is 2.56 bits per heavy atom. The average Bonchev–Trinajstić information content (AvgIpc) is 2.32. The Morgan fingerprint density at radius 1 is 1.44 bits per heavy atom. The van der Waals surface area contributed by atoms with Crippen LogP contribution < -0.4 is 0 Å². The third kappa shape index (κ3) is 3.95. The summed E-state index contributed by atoms with van der Waals surface area (Å²) in [4.78, 5) is 15.7. The van der Waals surface area contributed by atoms with E-state index in [1.54, 1.807) is 0 Å². The molecule has 1 aliphatic rings. The Labute approximate surface area is 111 Å². The van der Waals surface area contributed by atoms with E-state index in [0.717, 1.165) is 25.9 Å². The van der Waals surface area contributed by atoms with E-state index in [9.17, 15) is 4.79 Å². The number of carboxylic acid groups (broad SMARTS) is 1. The fourth-order valence-electron chi connectivity index (χ4n) is 3.27. The fourth-order valence-corrected chi connectivity index (χ4v) is 3.27. The Hall–Kier alpha value is -0.610. The summed E-state index contributed by atoms with van der Waals surface area (Å²) in [5.41, 5.74) is 0.141. The van der Waals surface area contributed by atoms with Crippen LogP contribution in [-0.2, 0) is 4.79 Å². The molecule has 1 atom stereocenters. The van der Waals surface area contributed by atoms with E-state index < -0.39 is 5.97 Å². The lowest BCUT2D eigenvalue weighted by molar-refractivity contribution is -0.137. The van der Waals surface area contributed by atoms with E-state index >= 15 is 0 Å². The number of carbonyl (C=O) groups is 1. The fraction of sp³-hybridized carbons (Fsp3) is 0.929. The summed E-state index contributed by atoms with van der Waals surface area (Å²) in [6.07, 6.45) is 2.13. The molecule has 18 heavy (non-hydrogen) atoms. The van der Waals surface area contributed by atoms with Gasteiger partial charge in [0.2, 0.25) is 0 Å². The Bertz CT molecular complexity index is 290. The van der Waals surface area contributed by atoms with Crippen molar-refractivity contribution in [1.82, 2.24) is 9.80 Å². The number of carboxylic acids is 1. The summed E-state index contributed by atoms with van der Waals surface area (Å²) in [7, 11) is 2.13. The van der Waals surface area contributed by atoms with Crippen molar-refractivity contribution in [1.29, 1.82) is 0 Å². The van der Waals surface area contributed by atoms with Gasteiger partial charge in [-0.1, -0.05) is 0 Å². The Balaban J connectivity index is 2.87. The molecule has 0 aromatic rings.